The van der Waals surface area contributed by atoms with E-state index in [4.69, 9.17) is 4.42 Å². The summed E-state index contributed by atoms with van der Waals surface area (Å²) in [4.78, 5) is 26.5. The first-order valence-electron chi connectivity index (χ1n) is 10.3. The molecule has 5 rings (SSSR count). The molecule has 1 heterocycles. The third-order valence-electron chi connectivity index (χ3n) is 6.97. The fourth-order valence-corrected chi connectivity index (χ4v) is 5.94. The standard InChI is InChI=1S/C21H31N3O3/c1-14(18-4-3-7-27-18)24(2)19(25)5-6-22-20(26)23-21-11-15-8-16(12-21)10-17(9-15)13-21/h3-4,7,14-17H,5-6,8-13H2,1-2H3,(H2,22,23,26). The smallest absolute Gasteiger partial charge is 0.315 e. The minimum atomic E-state index is -0.119. The Labute approximate surface area is 161 Å². The number of urea groups is 1. The average molecular weight is 373 g/mol. The molecule has 0 saturated heterocycles. The molecule has 6 heteroatoms. The maximum Gasteiger partial charge on any atom is 0.315 e. The van der Waals surface area contributed by atoms with Crippen LogP contribution in [0.4, 0.5) is 4.79 Å². The van der Waals surface area contributed by atoms with Crippen LogP contribution in [0.5, 0.6) is 0 Å². The summed E-state index contributed by atoms with van der Waals surface area (Å²) in [6.07, 6.45) is 9.38. The van der Waals surface area contributed by atoms with Crippen LogP contribution < -0.4 is 10.6 Å². The van der Waals surface area contributed by atoms with Crippen molar-refractivity contribution in [1.82, 2.24) is 15.5 Å². The van der Waals surface area contributed by atoms with Gasteiger partial charge in [-0.1, -0.05) is 0 Å². The Morgan fingerprint density at radius 3 is 2.41 bits per heavy atom. The lowest BCUT2D eigenvalue weighted by molar-refractivity contribution is -0.131. The first-order valence-corrected chi connectivity index (χ1v) is 10.3. The summed E-state index contributed by atoms with van der Waals surface area (Å²) in [7, 11) is 1.77. The lowest BCUT2D eigenvalue weighted by Crippen LogP contribution is -2.61. The van der Waals surface area contributed by atoms with E-state index in [2.05, 4.69) is 10.6 Å². The van der Waals surface area contributed by atoms with Crippen molar-refractivity contribution in [2.45, 2.75) is 63.5 Å². The number of hydrogen-bond donors (Lipinski definition) is 2. The van der Waals surface area contributed by atoms with Gasteiger partial charge in [0, 0.05) is 25.6 Å². The van der Waals surface area contributed by atoms with Gasteiger partial charge in [0.15, 0.2) is 0 Å². The molecule has 4 fully saturated rings. The van der Waals surface area contributed by atoms with Gasteiger partial charge < -0.3 is 20.0 Å². The topological polar surface area (TPSA) is 74.6 Å². The predicted molar refractivity (Wildman–Crippen MR) is 102 cm³/mol. The molecule has 4 saturated carbocycles. The Kier molecular flexibility index (Phi) is 4.91. The van der Waals surface area contributed by atoms with Gasteiger partial charge in [-0.15, -0.1) is 0 Å². The molecule has 0 spiro atoms. The van der Waals surface area contributed by atoms with Gasteiger partial charge in [-0.25, -0.2) is 4.79 Å². The van der Waals surface area contributed by atoms with Gasteiger partial charge in [0.25, 0.3) is 0 Å². The minimum Gasteiger partial charge on any atom is -0.467 e. The predicted octanol–water partition coefficient (Wildman–Crippen LogP) is 3.46. The maximum absolute atomic E-state index is 12.4. The average Bonchev–Trinajstić information content (AvgIpc) is 3.13. The highest BCUT2D eigenvalue weighted by atomic mass is 16.3. The lowest BCUT2D eigenvalue weighted by atomic mass is 9.53. The van der Waals surface area contributed by atoms with Crippen LogP contribution in [-0.4, -0.2) is 36.0 Å². The van der Waals surface area contributed by atoms with Gasteiger partial charge in [0.1, 0.15) is 5.76 Å². The van der Waals surface area contributed by atoms with Crippen LogP contribution in [0.3, 0.4) is 0 Å². The molecular formula is C21H31N3O3. The van der Waals surface area contributed by atoms with Crippen LogP contribution >= 0.6 is 0 Å². The molecule has 6 nitrogen and oxygen atoms in total. The summed E-state index contributed by atoms with van der Waals surface area (Å²) in [5, 5.41) is 6.18. The Hall–Kier alpha value is -1.98. The molecule has 27 heavy (non-hydrogen) atoms. The Morgan fingerprint density at radius 1 is 1.22 bits per heavy atom. The van der Waals surface area contributed by atoms with Gasteiger partial charge in [0.2, 0.25) is 5.91 Å². The highest BCUT2D eigenvalue weighted by molar-refractivity contribution is 5.78. The van der Waals surface area contributed by atoms with Gasteiger partial charge >= 0.3 is 6.03 Å². The molecule has 0 aromatic carbocycles. The zero-order chi connectivity index (χ0) is 19.0. The van der Waals surface area contributed by atoms with Crippen molar-refractivity contribution in [3.8, 4) is 0 Å². The molecule has 4 aliphatic carbocycles. The summed E-state index contributed by atoms with van der Waals surface area (Å²) in [5.74, 6) is 3.16. The second kappa shape index (κ2) is 7.21. The number of furan rings is 1. The molecular weight excluding hydrogens is 342 g/mol. The number of carbonyl (C=O) groups excluding carboxylic acids is 2. The molecule has 4 bridgehead atoms. The largest absolute Gasteiger partial charge is 0.467 e. The fraction of sp³-hybridized carbons (Fsp3) is 0.714. The van der Waals surface area contributed by atoms with E-state index in [1.165, 1.54) is 19.3 Å². The van der Waals surface area contributed by atoms with E-state index in [0.29, 0.717) is 6.54 Å². The summed E-state index contributed by atoms with van der Waals surface area (Å²) in [5.41, 5.74) is 0.00738. The number of carbonyl (C=O) groups is 2. The monoisotopic (exact) mass is 373 g/mol. The van der Waals surface area contributed by atoms with E-state index in [1.807, 2.05) is 19.1 Å². The first kappa shape index (κ1) is 18.4. The molecule has 1 aromatic rings. The number of nitrogens with zero attached hydrogens (tertiary/aromatic N) is 1. The van der Waals surface area contributed by atoms with Crippen LogP contribution in [0.25, 0.3) is 0 Å². The minimum absolute atomic E-state index is 0.00555. The zero-order valence-electron chi connectivity index (χ0n) is 16.4. The molecule has 0 aliphatic heterocycles. The highest BCUT2D eigenvalue weighted by Crippen LogP contribution is 2.55. The van der Waals surface area contributed by atoms with E-state index >= 15 is 0 Å². The quantitative estimate of drug-likeness (QED) is 0.802. The molecule has 2 N–H and O–H groups in total. The van der Waals surface area contributed by atoms with E-state index in [1.54, 1.807) is 18.2 Å². The van der Waals surface area contributed by atoms with Gasteiger partial charge in [-0.2, -0.15) is 0 Å². The zero-order valence-corrected chi connectivity index (χ0v) is 16.4. The SMILES string of the molecule is CC(c1ccco1)N(C)C(=O)CCNC(=O)NC12CC3CC(CC(C3)C1)C2. The fourth-order valence-electron chi connectivity index (χ4n) is 5.94. The number of rotatable bonds is 6. The van der Waals surface area contributed by atoms with Crippen LogP contribution in [0, 0.1) is 17.8 Å². The van der Waals surface area contributed by atoms with Crippen molar-refractivity contribution >= 4 is 11.9 Å². The second-order valence-corrected chi connectivity index (χ2v) is 9.02. The Morgan fingerprint density at radius 2 is 1.85 bits per heavy atom. The lowest BCUT2D eigenvalue weighted by Gasteiger charge is -2.56. The third-order valence-corrected chi connectivity index (χ3v) is 6.97. The Bertz CT molecular complexity index is 650. The summed E-state index contributed by atoms with van der Waals surface area (Å²) >= 11 is 0. The second-order valence-electron chi connectivity index (χ2n) is 9.02. The molecule has 3 amide bonds. The third kappa shape index (κ3) is 3.85. The van der Waals surface area contributed by atoms with E-state index < -0.39 is 0 Å². The highest BCUT2D eigenvalue weighted by Gasteiger charge is 2.51. The van der Waals surface area contributed by atoms with Gasteiger partial charge in [-0.3, -0.25) is 4.79 Å². The van der Waals surface area contributed by atoms with Crippen LogP contribution in [0.1, 0.15) is 63.7 Å². The van der Waals surface area contributed by atoms with Crippen molar-refractivity contribution in [3.63, 3.8) is 0 Å². The number of nitrogens with one attached hydrogen (secondary N) is 2. The number of hydrogen-bond acceptors (Lipinski definition) is 3. The van der Waals surface area contributed by atoms with Gasteiger partial charge in [0.05, 0.1) is 12.3 Å². The molecule has 148 valence electrons. The molecule has 1 atom stereocenters. The van der Waals surface area contributed by atoms with E-state index in [-0.39, 0.29) is 29.9 Å². The van der Waals surface area contributed by atoms with E-state index in [9.17, 15) is 9.59 Å². The van der Waals surface area contributed by atoms with Crippen molar-refractivity contribution in [1.29, 1.82) is 0 Å². The molecule has 1 unspecified atom stereocenters. The van der Waals surface area contributed by atoms with Crippen molar-refractivity contribution in [2.24, 2.45) is 17.8 Å². The van der Waals surface area contributed by atoms with Gasteiger partial charge in [-0.05, 0) is 75.3 Å². The van der Waals surface area contributed by atoms with Crippen molar-refractivity contribution in [2.75, 3.05) is 13.6 Å². The molecule has 4 aliphatic rings. The maximum atomic E-state index is 12.4. The molecule has 0 radical (unpaired) electrons. The summed E-state index contributed by atoms with van der Waals surface area (Å²) in [6.45, 7) is 2.29. The Balaban J connectivity index is 1.22. The normalized spacial score (nSPS) is 32.1. The summed E-state index contributed by atoms with van der Waals surface area (Å²) < 4.78 is 5.37. The van der Waals surface area contributed by atoms with Crippen LogP contribution in [-0.2, 0) is 4.79 Å². The van der Waals surface area contributed by atoms with E-state index in [0.717, 1.165) is 42.8 Å². The first-order chi connectivity index (χ1) is 12.9. The summed E-state index contributed by atoms with van der Waals surface area (Å²) in [6, 6.07) is 3.45. The number of amides is 3. The van der Waals surface area contributed by atoms with Crippen molar-refractivity contribution in [3.05, 3.63) is 24.2 Å². The molecule has 1 aromatic heterocycles. The van der Waals surface area contributed by atoms with Crippen LogP contribution in [0.15, 0.2) is 22.8 Å². The van der Waals surface area contributed by atoms with Crippen LogP contribution in [0.2, 0.25) is 0 Å². The van der Waals surface area contributed by atoms with Crippen molar-refractivity contribution < 1.29 is 14.0 Å².